The number of nitrogens with zero attached hydrogens (tertiary/aromatic N) is 2. The first kappa shape index (κ1) is 70.3. The first-order valence-electron chi connectivity index (χ1n) is 29.0. The van der Waals surface area contributed by atoms with E-state index < -0.39 is 79.3 Å². The molecular formula is C60H85N6O19P. The average molecular weight is 1230 g/mol. The molecule has 0 saturated heterocycles. The van der Waals surface area contributed by atoms with E-state index in [-0.39, 0.29) is 73.9 Å². The Hall–Kier alpha value is -8.21. The number of rotatable bonds is 36. The topological polar surface area (TPSA) is 308 Å². The highest BCUT2D eigenvalue weighted by molar-refractivity contribution is 7.34. The van der Waals surface area contributed by atoms with Crippen LogP contribution in [0.5, 0.6) is 23.0 Å². The minimum Gasteiger partial charge on any atom is -0.494 e. The van der Waals surface area contributed by atoms with Crippen molar-refractivity contribution in [1.29, 1.82) is 0 Å². The fourth-order valence-electron chi connectivity index (χ4n) is 8.90. The first-order chi connectivity index (χ1) is 40.9. The van der Waals surface area contributed by atoms with Gasteiger partial charge in [-0.05, 0) is 130 Å². The molecule has 0 unspecified atom stereocenters. The number of furan rings is 2. The number of unbranched alkanes of at least 4 members (excludes halogenated alkanes) is 4. The van der Waals surface area contributed by atoms with Crippen molar-refractivity contribution in [2.75, 3.05) is 26.6 Å². The minimum atomic E-state index is -3.39. The predicted octanol–water partition coefficient (Wildman–Crippen LogP) is 11.1. The molecule has 0 radical (unpaired) electrons. The third-order valence-electron chi connectivity index (χ3n) is 12.7. The van der Waals surface area contributed by atoms with Gasteiger partial charge in [-0.3, -0.25) is 28.8 Å². The molecule has 86 heavy (non-hydrogen) atoms. The molecule has 26 heteroatoms. The van der Waals surface area contributed by atoms with E-state index in [2.05, 4.69) is 21.3 Å². The molecule has 4 rings (SSSR count). The Kier molecular flexibility index (Phi) is 28.3. The van der Waals surface area contributed by atoms with Gasteiger partial charge in [-0.25, -0.2) is 14.2 Å². The van der Waals surface area contributed by atoms with E-state index >= 15 is 0 Å². The fourth-order valence-corrected chi connectivity index (χ4v) is 9.56. The van der Waals surface area contributed by atoms with E-state index in [1.165, 1.54) is 48.5 Å². The Balaban J connectivity index is 1.43. The summed E-state index contributed by atoms with van der Waals surface area (Å²) in [4.78, 5) is 114. The second kappa shape index (κ2) is 34.7. The van der Waals surface area contributed by atoms with Crippen molar-refractivity contribution in [3.8, 4) is 45.6 Å². The van der Waals surface area contributed by atoms with Gasteiger partial charge in [0, 0.05) is 23.3 Å². The predicted molar refractivity (Wildman–Crippen MR) is 316 cm³/mol. The molecular weight excluding hydrogens is 1140 g/mol. The highest BCUT2D eigenvalue weighted by Crippen LogP contribution is 2.39. The number of amides is 6. The van der Waals surface area contributed by atoms with Crippen LogP contribution in [0.15, 0.2) is 69.5 Å². The lowest BCUT2D eigenvalue weighted by Gasteiger charge is -2.32. The summed E-state index contributed by atoms with van der Waals surface area (Å²) in [5.41, 5.74) is -1.01. The molecule has 0 fully saturated rings. The molecule has 2 aromatic carbocycles. The van der Waals surface area contributed by atoms with Crippen LogP contribution in [0.1, 0.15) is 168 Å². The number of carbonyl (C=O) groups is 8. The van der Waals surface area contributed by atoms with E-state index in [1.807, 2.05) is 13.8 Å². The van der Waals surface area contributed by atoms with Gasteiger partial charge in [0.15, 0.2) is 11.5 Å². The zero-order chi connectivity index (χ0) is 63.6. The van der Waals surface area contributed by atoms with Crippen molar-refractivity contribution in [2.24, 2.45) is 11.8 Å². The van der Waals surface area contributed by atoms with E-state index in [9.17, 15) is 42.9 Å². The quantitative estimate of drug-likeness (QED) is 0.00821. The molecule has 0 bridgehead atoms. The summed E-state index contributed by atoms with van der Waals surface area (Å²) in [5, 5.41) is 12.2. The first-order valence-corrected chi connectivity index (χ1v) is 30.2. The Morgan fingerprint density at radius 3 is 1.23 bits per heavy atom. The zero-order valence-electron chi connectivity index (χ0n) is 51.3. The maximum absolute atomic E-state index is 13.7. The van der Waals surface area contributed by atoms with Crippen LogP contribution in [0.3, 0.4) is 0 Å². The summed E-state index contributed by atoms with van der Waals surface area (Å²) >= 11 is 0. The second-order valence-electron chi connectivity index (χ2n) is 21.7. The van der Waals surface area contributed by atoms with E-state index in [0.717, 1.165) is 35.8 Å². The molecule has 2 heterocycles. The number of benzene rings is 2. The Labute approximate surface area is 502 Å². The van der Waals surface area contributed by atoms with Crippen LogP contribution in [-0.4, -0.2) is 109 Å². The molecule has 4 aromatic rings. The van der Waals surface area contributed by atoms with E-state index in [4.69, 9.17) is 46.5 Å². The van der Waals surface area contributed by atoms with Gasteiger partial charge in [-0.2, -0.15) is 10.1 Å². The lowest BCUT2D eigenvalue weighted by atomic mass is 9.90. The highest BCUT2D eigenvalue weighted by Gasteiger charge is 2.36. The summed E-state index contributed by atoms with van der Waals surface area (Å²) in [6.07, 6.45) is 4.38. The molecule has 2 aromatic heterocycles. The van der Waals surface area contributed by atoms with Crippen LogP contribution in [0, 0.1) is 11.8 Å². The van der Waals surface area contributed by atoms with Crippen molar-refractivity contribution in [3.63, 3.8) is 0 Å². The molecule has 0 aliphatic rings. The highest BCUT2D eigenvalue weighted by atomic mass is 31.1. The molecule has 0 aliphatic heterocycles. The number of hydroxylamine groups is 4. The van der Waals surface area contributed by atoms with Crippen LogP contribution < -0.4 is 39.8 Å². The molecule has 4 atom stereocenters. The van der Waals surface area contributed by atoms with Gasteiger partial charge in [0.25, 0.3) is 11.8 Å². The third kappa shape index (κ3) is 23.0. The molecule has 0 aliphatic carbocycles. The largest absolute Gasteiger partial charge is 0.534 e. The fraction of sp³-hybridized carbons (Fsp3) is 0.533. The van der Waals surface area contributed by atoms with Crippen LogP contribution in [0.25, 0.3) is 22.6 Å². The van der Waals surface area contributed by atoms with Crippen molar-refractivity contribution in [1.82, 2.24) is 31.4 Å². The van der Waals surface area contributed by atoms with Crippen molar-refractivity contribution >= 4 is 57.0 Å². The minimum absolute atomic E-state index is 0.0647. The van der Waals surface area contributed by atoms with Gasteiger partial charge < -0.3 is 67.8 Å². The number of hydrogen-bond acceptors (Lipinski definition) is 19. The Bertz CT molecular complexity index is 2710. The number of ether oxygens (including phenoxy) is 4. The average Bonchev–Trinajstić information content (AvgIpc) is 3.53. The van der Waals surface area contributed by atoms with Gasteiger partial charge in [0.05, 0.1) is 50.5 Å². The number of hydrogen-bond donors (Lipinski definition) is 4. The Morgan fingerprint density at radius 2 is 0.907 bits per heavy atom. The molecule has 6 amide bonds. The van der Waals surface area contributed by atoms with Gasteiger partial charge in [0.1, 0.15) is 45.7 Å². The van der Waals surface area contributed by atoms with E-state index in [0.29, 0.717) is 61.1 Å². The van der Waals surface area contributed by atoms with Crippen molar-refractivity contribution < 1.29 is 89.4 Å². The van der Waals surface area contributed by atoms with Gasteiger partial charge in [0.2, 0.25) is 24.6 Å². The van der Waals surface area contributed by atoms with Gasteiger partial charge >= 0.3 is 20.6 Å². The molecule has 0 saturated carbocycles. The molecule has 474 valence electrons. The second-order valence-corrected chi connectivity index (χ2v) is 22.6. The Morgan fingerprint density at radius 1 is 0.535 bits per heavy atom. The summed E-state index contributed by atoms with van der Waals surface area (Å²) in [6.45, 7) is 20.8. The van der Waals surface area contributed by atoms with E-state index in [1.54, 1.807) is 81.4 Å². The lowest BCUT2D eigenvalue weighted by Crippen LogP contribution is -2.49. The van der Waals surface area contributed by atoms with Crippen LogP contribution >= 0.6 is 8.25 Å². The van der Waals surface area contributed by atoms with Gasteiger partial charge in [-0.1, -0.05) is 66.2 Å². The van der Waals surface area contributed by atoms with Crippen LogP contribution in [0.4, 0.5) is 9.59 Å². The lowest BCUT2D eigenvalue weighted by molar-refractivity contribution is -0.183. The number of nitrogens with one attached hydrogen (secondary N) is 4. The summed E-state index contributed by atoms with van der Waals surface area (Å²) in [5.74, 6) is -2.97. The maximum atomic E-state index is 13.7. The molecule has 0 spiro atoms. The standard InChI is InChI=1S/C60H85N6O19P/c1-13-19-21-23-45(47(15-3)65(37-67)82-57(73)80-59(7,8)9)53(69)61-35-63-55(71)51-27-25-49(78-51)39-29-41(76-17-5)33-43(31-39)84-86(75)85-44-32-40(30-42(34-44)77-18-6)50-26-28-52(79-50)56(72)64-36-62-54(70)46(24-22-20-14-2)48(16-4)66(38-68)83-58(74)81-60(10,11)12/h25-34,37-38,45-48,86H,13-24,35-36H2,1-12H3,(H,61,69)(H,62,70)(H,63,71)(H,64,72)/t45-,46-,47-,48-/m1/s1. The normalized spacial score (nSPS) is 12.7. The monoisotopic (exact) mass is 1220 g/mol. The maximum Gasteiger partial charge on any atom is 0.534 e. The summed E-state index contributed by atoms with van der Waals surface area (Å²) in [7, 11) is -3.39. The SMILES string of the molecule is CCCCC[C@@H](C(=O)NCNC(=O)c1ccc(-c2cc(OCC)cc(O[PH](=O)Oc3cc(OCC)cc(-c4ccc(C(=O)NCNC(=O)[C@H](CCCCC)[C@@H](CC)N(C=O)OC(=O)OC(C)(C)C)o4)c3)c2)o1)[C@@H](CC)N(C=O)OC(=O)OC(C)(C)C. The zero-order valence-corrected chi connectivity index (χ0v) is 52.3. The summed E-state index contributed by atoms with van der Waals surface area (Å²) < 4.78 is 59.1. The smallest absolute Gasteiger partial charge is 0.494 e. The summed E-state index contributed by atoms with van der Waals surface area (Å²) in [6, 6.07) is 13.5. The van der Waals surface area contributed by atoms with Crippen LogP contribution in [0.2, 0.25) is 0 Å². The van der Waals surface area contributed by atoms with Crippen molar-refractivity contribution in [2.45, 2.75) is 171 Å². The molecule has 25 nitrogen and oxygen atoms in total. The molecule has 4 N–H and O–H groups in total. The number of carbonyl (C=O) groups excluding carboxylic acids is 8. The van der Waals surface area contributed by atoms with Crippen molar-refractivity contribution in [3.05, 3.63) is 72.2 Å². The van der Waals surface area contributed by atoms with Gasteiger partial charge in [-0.15, -0.1) is 0 Å². The third-order valence-corrected chi connectivity index (χ3v) is 13.5. The van der Waals surface area contributed by atoms with Crippen LogP contribution in [-0.2, 0) is 42.9 Å².